The Balaban J connectivity index is 1.58. The topological polar surface area (TPSA) is 85.3 Å². The van der Waals surface area contributed by atoms with Crippen molar-refractivity contribution < 1.29 is 13.6 Å². The van der Waals surface area contributed by atoms with Crippen LogP contribution in [0.1, 0.15) is 11.1 Å². The molecule has 27 heavy (non-hydrogen) atoms. The largest absolute Gasteiger partial charge is 0.444 e. The van der Waals surface area contributed by atoms with E-state index < -0.39 is 5.63 Å². The summed E-state index contributed by atoms with van der Waals surface area (Å²) >= 11 is 0. The highest BCUT2D eigenvalue weighted by Gasteiger charge is 2.11. The zero-order chi connectivity index (χ0) is 18.8. The number of rotatable bonds is 4. The summed E-state index contributed by atoms with van der Waals surface area (Å²) in [7, 11) is 0. The van der Waals surface area contributed by atoms with Crippen LogP contribution in [0.25, 0.3) is 22.3 Å². The highest BCUT2D eigenvalue weighted by Crippen LogP contribution is 2.23. The van der Waals surface area contributed by atoms with Gasteiger partial charge in [0.25, 0.3) is 0 Å². The van der Waals surface area contributed by atoms with E-state index in [1.807, 2.05) is 31.2 Å². The second kappa shape index (κ2) is 6.92. The zero-order valence-corrected chi connectivity index (χ0v) is 14.6. The lowest BCUT2D eigenvalue weighted by atomic mass is 10.1. The molecule has 0 unspecified atom stereocenters. The van der Waals surface area contributed by atoms with Gasteiger partial charge >= 0.3 is 5.63 Å². The Morgan fingerprint density at radius 2 is 2.04 bits per heavy atom. The first-order valence-corrected chi connectivity index (χ1v) is 8.41. The Morgan fingerprint density at radius 3 is 2.85 bits per heavy atom. The number of nitrogens with one attached hydrogen (secondary N) is 1. The molecule has 2 heterocycles. The number of fused-ring (bicyclic) bond motifs is 1. The van der Waals surface area contributed by atoms with Gasteiger partial charge in [-0.2, -0.15) is 0 Å². The lowest BCUT2D eigenvalue weighted by molar-refractivity contribution is -0.115. The van der Waals surface area contributed by atoms with E-state index in [1.54, 1.807) is 24.4 Å². The molecule has 0 saturated carbocycles. The lowest BCUT2D eigenvalue weighted by Gasteiger charge is -2.08. The van der Waals surface area contributed by atoms with Crippen LogP contribution in [0.3, 0.4) is 0 Å². The van der Waals surface area contributed by atoms with E-state index in [0.29, 0.717) is 22.6 Å². The normalized spacial score (nSPS) is 10.9. The predicted octanol–water partition coefficient (Wildman–Crippen LogP) is 3.94. The summed E-state index contributed by atoms with van der Waals surface area (Å²) in [5, 5.41) is 3.61. The summed E-state index contributed by atoms with van der Waals surface area (Å²) in [4.78, 5) is 28.2. The molecule has 6 heteroatoms. The lowest BCUT2D eigenvalue weighted by Crippen LogP contribution is -2.16. The van der Waals surface area contributed by atoms with Crippen LogP contribution in [0.5, 0.6) is 0 Å². The van der Waals surface area contributed by atoms with Crippen molar-refractivity contribution in [2.45, 2.75) is 13.3 Å². The van der Waals surface area contributed by atoms with E-state index in [0.717, 1.165) is 16.5 Å². The molecule has 0 spiro atoms. The Bertz CT molecular complexity index is 1180. The summed E-state index contributed by atoms with van der Waals surface area (Å²) in [5.41, 5.74) is 3.08. The fourth-order valence-corrected chi connectivity index (χ4v) is 2.97. The van der Waals surface area contributed by atoms with Crippen molar-refractivity contribution in [3.05, 3.63) is 82.7 Å². The van der Waals surface area contributed by atoms with Gasteiger partial charge in [-0.25, -0.2) is 9.78 Å². The minimum Gasteiger partial charge on any atom is -0.444 e. The van der Waals surface area contributed by atoms with Crippen molar-refractivity contribution in [2.24, 2.45) is 0 Å². The number of nitrogens with zero attached hydrogens (tertiary/aromatic N) is 1. The van der Waals surface area contributed by atoms with E-state index in [9.17, 15) is 9.59 Å². The number of aryl methyl sites for hydroxylation is 1. The number of amides is 1. The molecule has 4 rings (SSSR count). The van der Waals surface area contributed by atoms with E-state index in [1.165, 1.54) is 12.5 Å². The predicted molar refractivity (Wildman–Crippen MR) is 101 cm³/mol. The maximum Gasteiger partial charge on any atom is 0.336 e. The minimum absolute atomic E-state index is 0.0672. The van der Waals surface area contributed by atoms with Crippen molar-refractivity contribution in [1.29, 1.82) is 0 Å². The van der Waals surface area contributed by atoms with E-state index in [-0.39, 0.29) is 12.3 Å². The number of carbonyl (C=O) groups excluding carboxylic acids is 1. The molecule has 0 saturated heterocycles. The fraction of sp³-hybridized carbons (Fsp3) is 0.0952. The molecule has 1 N–H and O–H groups in total. The molecule has 0 aliphatic rings. The number of oxazole rings is 1. The average Bonchev–Trinajstić information content (AvgIpc) is 3.16. The molecule has 0 radical (unpaired) electrons. The molecule has 0 aliphatic carbocycles. The van der Waals surface area contributed by atoms with Gasteiger partial charge in [0.1, 0.15) is 5.58 Å². The summed E-state index contributed by atoms with van der Waals surface area (Å²) in [6.45, 7) is 1.92. The molecular formula is C21H16N2O4. The number of aromatic nitrogens is 1. The van der Waals surface area contributed by atoms with E-state index in [2.05, 4.69) is 10.3 Å². The first-order valence-electron chi connectivity index (χ1n) is 8.41. The molecule has 0 aliphatic heterocycles. The minimum atomic E-state index is -0.469. The second-order valence-electron chi connectivity index (χ2n) is 6.26. The van der Waals surface area contributed by atoms with Crippen LogP contribution < -0.4 is 10.9 Å². The standard InChI is InChI=1S/C21H16N2O4/c1-13-5-6-17-15(10-21(25)27-18(17)7-13)9-20(24)23-16-4-2-3-14(8-16)19-11-22-12-26-19/h2-8,10-12H,9H2,1H3,(H,23,24). The molecule has 0 bridgehead atoms. The van der Waals surface area contributed by atoms with Gasteiger partial charge in [-0.1, -0.05) is 24.3 Å². The first-order chi connectivity index (χ1) is 13.1. The summed E-state index contributed by atoms with van der Waals surface area (Å²) in [6, 6.07) is 14.2. The van der Waals surface area contributed by atoms with Crippen molar-refractivity contribution in [1.82, 2.24) is 4.98 Å². The number of hydrogen-bond acceptors (Lipinski definition) is 5. The molecule has 4 aromatic rings. The molecule has 134 valence electrons. The van der Waals surface area contributed by atoms with Crippen LogP contribution in [0.2, 0.25) is 0 Å². The monoisotopic (exact) mass is 360 g/mol. The highest BCUT2D eigenvalue weighted by molar-refractivity contribution is 5.95. The van der Waals surface area contributed by atoms with Crippen LogP contribution in [0.15, 0.2) is 74.8 Å². The van der Waals surface area contributed by atoms with Crippen LogP contribution in [-0.2, 0) is 11.2 Å². The van der Waals surface area contributed by atoms with Gasteiger partial charge in [0.2, 0.25) is 5.91 Å². The molecule has 2 aromatic heterocycles. The van der Waals surface area contributed by atoms with E-state index >= 15 is 0 Å². The molecule has 6 nitrogen and oxygen atoms in total. The maximum absolute atomic E-state index is 12.5. The van der Waals surface area contributed by atoms with Crippen LogP contribution >= 0.6 is 0 Å². The van der Waals surface area contributed by atoms with Crippen molar-refractivity contribution in [3.8, 4) is 11.3 Å². The Hall–Kier alpha value is -3.67. The Labute approximate surface area is 154 Å². The third kappa shape index (κ3) is 3.64. The van der Waals surface area contributed by atoms with E-state index in [4.69, 9.17) is 8.83 Å². The molecule has 1 amide bonds. The molecule has 0 atom stereocenters. The van der Waals surface area contributed by atoms with Crippen LogP contribution in [0, 0.1) is 6.92 Å². The third-order valence-electron chi connectivity index (χ3n) is 4.20. The summed E-state index contributed by atoms with van der Waals surface area (Å²) in [6.07, 6.45) is 3.03. The molecule has 0 fully saturated rings. The van der Waals surface area contributed by atoms with Crippen molar-refractivity contribution in [3.63, 3.8) is 0 Å². The number of carbonyl (C=O) groups is 1. The molecule has 2 aromatic carbocycles. The van der Waals surface area contributed by atoms with Crippen LogP contribution in [-0.4, -0.2) is 10.9 Å². The summed E-state index contributed by atoms with van der Waals surface area (Å²) < 4.78 is 10.5. The van der Waals surface area contributed by atoms with Gasteiger partial charge in [-0.3, -0.25) is 4.79 Å². The number of anilines is 1. The summed E-state index contributed by atoms with van der Waals surface area (Å²) in [5.74, 6) is 0.394. The number of benzene rings is 2. The Morgan fingerprint density at radius 1 is 1.15 bits per heavy atom. The maximum atomic E-state index is 12.5. The van der Waals surface area contributed by atoms with Gasteiger partial charge in [-0.15, -0.1) is 0 Å². The van der Waals surface area contributed by atoms with Gasteiger partial charge in [0.15, 0.2) is 12.2 Å². The first kappa shape index (κ1) is 16.8. The van der Waals surface area contributed by atoms with Gasteiger partial charge in [-0.05, 0) is 36.2 Å². The SMILES string of the molecule is Cc1ccc2c(CC(=O)Nc3cccc(-c4cnco4)c3)cc(=O)oc2c1. The van der Waals surface area contributed by atoms with Gasteiger partial charge in [0.05, 0.1) is 12.6 Å². The highest BCUT2D eigenvalue weighted by atomic mass is 16.4. The third-order valence-corrected chi connectivity index (χ3v) is 4.20. The smallest absolute Gasteiger partial charge is 0.336 e. The zero-order valence-electron chi connectivity index (χ0n) is 14.6. The fourth-order valence-electron chi connectivity index (χ4n) is 2.97. The Kier molecular flexibility index (Phi) is 4.30. The van der Waals surface area contributed by atoms with Gasteiger partial charge in [0, 0.05) is 22.7 Å². The molecular weight excluding hydrogens is 344 g/mol. The van der Waals surface area contributed by atoms with Gasteiger partial charge < -0.3 is 14.2 Å². The average molecular weight is 360 g/mol. The van der Waals surface area contributed by atoms with Crippen molar-refractivity contribution >= 4 is 22.6 Å². The van der Waals surface area contributed by atoms with Crippen molar-refractivity contribution in [2.75, 3.05) is 5.32 Å². The number of hydrogen-bond donors (Lipinski definition) is 1. The van der Waals surface area contributed by atoms with Crippen LogP contribution in [0.4, 0.5) is 5.69 Å². The second-order valence-corrected chi connectivity index (χ2v) is 6.26. The quantitative estimate of drug-likeness (QED) is 0.557.